The van der Waals surface area contributed by atoms with Crippen LogP contribution in [0, 0.1) is 11.2 Å². The third kappa shape index (κ3) is 2.11. The standard InChI is InChI=1S/C15H20FN/c1-17-8-6-15(7-9-17)5-4-12-10-14(16)3-2-13(12)11-15/h2-3,10H,4-9,11H2,1H3. The summed E-state index contributed by atoms with van der Waals surface area (Å²) in [5.74, 6) is -0.0805. The van der Waals surface area contributed by atoms with Crippen LogP contribution in [0.15, 0.2) is 18.2 Å². The summed E-state index contributed by atoms with van der Waals surface area (Å²) in [6.07, 6.45) is 6.09. The topological polar surface area (TPSA) is 3.24 Å². The van der Waals surface area contributed by atoms with Gasteiger partial charge in [0, 0.05) is 0 Å². The number of hydrogen-bond acceptors (Lipinski definition) is 1. The summed E-state index contributed by atoms with van der Waals surface area (Å²) >= 11 is 0. The van der Waals surface area contributed by atoms with E-state index in [-0.39, 0.29) is 5.82 Å². The molecule has 1 saturated heterocycles. The van der Waals surface area contributed by atoms with Gasteiger partial charge in [0.25, 0.3) is 0 Å². The summed E-state index contributed by atoms with van der Waals surface area (Å²) in [6.45, 7) is 2.44. The maximum Gasteiger partial charge on any atom is 0.123 e. The van der Waals surface area contributed by atoms with Crippen molar-refractivity contribution in [2.75, 3.05) is 20.1 Å². The van der Waals surface area contributed by atoms with Crippen molar-refractivity contribution >= 4 is 0 Å². The lowest BCUT2D eigenvalue weighted by Crippen LogP contribution is -2.41. The zero-order chi connectivity index (χ0) is 11.9. The largest absolute Gasteiger partial charge is 0.306 e. The van der Waals surface area contributed by atoms with Crippen molar-refractivity contribution in [1.82, 2.24) is 4.90 Å². The summed E-state index contributed by atoms with van der Waals surface area (Å²) < 4.78 is 13.2. The number of rotatable bonds is 0. The number of halogens is 1. The second-order valence-electron chi connectivity index (χ2n) is 5.89. The van der Waals surface area contributed by atoms with Gasteiger partial charge in [0.1, 0.15) is 5.82 Å². The van der Waals surface area contributed by atoms with Crippen molar-refractivity contribution in [2.24, 2.45) is 5.41 Å². The van der Waals surface area contributed by atoms with Crippen LogP contribution in [0.5, 0.6) is 0 Å². The molecule has 0 amide bonds. The van der Waals surface area contributed by atoms with Crippen LogP contribution in [-0.4, -0.2) is 25.0 Å². The lowest BCUT2D eigenvalue weighted by Gasteiger charge is -2.44. The Morgan fingerprint density at radius 3 is 2.65 bits per heavy atom. The van der Waals surface area contributed by atoms with Gasteiger partial charge >= 0.3 is 0 Å². The van der Waals surface area contributed by atoms with E-state index in [0.29, 0.717) is 5.41 Å². The number of fused-ring (bicyclic) bond motifs is 1. The van der Waals surface area contributed by atoms with Crippen LogP contribution in [0.25, 0.3) is 0 Å². The Kier molecular flexibility index (Phi) is 2.70. The fourth-order valence-electron chi connectivity index (χ4n) is 3.41. The SMILES string of the molecule is CN1CCC2(CCc3cc(F)ccc3C2)CC1. The first kappa shape index (κ1) is 11.2. The molecule has 1 aliphatic carbocycles. The number of aryl methyl sites for hydroxylation is 1. The summed E-state index contributed by atoms with van der Waals surface area (Å²) in [5, 5.41) is 0. The normalized spacial score (nSPS) is 23.6. The van der Waals surface area contributed by atoms with Crippen LogP contribution in [0.2, 0.25) is 0 Å². The minimum absolute atomic E-state index is 0.0805. The fraction of sp³-hybridized carbons (Fsp3) is 0.600. The van der Waals surface area contributed by atoms with Crippen molar-refractivity contribution in [2.45, 2.75) is 32.1 Å². The first-order valence-electron chi connectivity index (χ1n) is 6.63. The first-order valence-corrected chi connectivity index (χ1v) is 6.63. The van der Waals surface area contributed by atoms with Gasteiger partial charge in [-0.1, -0.05) is 6.07 Å². The van der Waals surface area contributed by atoms with Gasteiger partial charge in [-0.3, -0.25) is 0 Å². The highest BCUT2D eigenvalue weighted by molar-refractivity contribution is 5.31. The predicted octanol–water partition coefficient (Wildman–Crippen LogP) is 3.03. The van der Waals surface area contributed by atoms with Gasteiger partial charge in [0.15, 0.2) is 0 Å². The summed E-state index contributed by atoms with van der Waals surface area (Å²) in [6, 6.07) is 5.36. The Morgan fingerprint density at radius 1 is 1.12 bits per heavy atom. The maximum absolute atomic E-state index is 13.2. The van der Waals surface area contributed by atoms with Crippen molar-refractivity contribution in [3.05, 3.63) is 35.1 Å². The van der Waals surface area contributed by atoms with Crippen LogP contribution in [0.3, 0.4) is 0 Å². The molecule has 1 aliphatic heterocycles. The highest BCUT2D eigenvalue weighted by Gasteiger charge is 2.36. The quantitative estimate of drug-likeness (QED) is 0.666. The van der Waals surface area contributed by atoms with Gasteiger partial charge < -0.3 is 4.90 Å². The smallest absolute Gasteiger partial charge is 0.123 e. The Morgan fingerprint density at radius 2 is 1.88 bits per heavy atom. The molecule has 3 rings (SSSR count). The highest BCUT2D eigenvalue weighted by Crippen LogP contribution is 2.43. The Bertz CT molecular complexity index is 419. The molecule has 0 N–H and O–H groups in total. The van der Waals surface area contributed by atoms with Crippen LogP contribution < -0.4 is 0 Å². The third-order valence-corrected chi connectivity index (χ3v) is 4.71. The minimum Gasteiger partial charge on any atom is -0.306 e. The first-order chi connectivity index (χ1) is 8.17. The zero-order valence-electron chi connectivity index (χ0n) is 10.5. The van der Waals surface area contributed by atoms with Crippen LogP contribution in [0.1, 0.15) is 30.4 Å². The average Bonchev–Trinajstić information content (AvgIpc) is 2.34. The van der Waals surface area contributed by atoms with Gasteiger partial charge in [-0.05, 0) is 80.9 Å². The van der Waals surface area contributed by atoms with E-state index in [1.54, 1.807) is 12.1 Å². The second kappa shape index (κ2) is 4.09. The number of piperidine rings is 1. The molecule has 0 atom stereocenters. The molecule has 1 spiro atoms. The molecule has 0 bridgehead atoms. The van der Waals surface area contributed by atoms with Gasteiger partial charge in [0.2, 0.25) is 0 Å². The monoisotopic (exact) mass is 233 g/mol. The Hall–Kier alpha value is -0.890. The average molecular weight is 233 g/mol. The lowest BCUT2D eigenvalue weighted by atomic mass is 9.66. The van der Waals surface area contributed by atoms with E-state index in [2.05, 4.69) is 11.9 Å². The van der Waals surface area contributed by atoms with E-state index in [1.165, 1.54) is 43.5 Å². The Balaban J connectivity index is 1.83. The van der Waals surface area contributed by atoms with E-state index < -0.39 is 0 Å². The van der Waals surface area contributed by atoms with Gasteiger partial charge in [-0.15, -0.1) is 0 Å². The van der Waals surface area contributed by atoms with Crippen LogP contribution in [0.4, 0.5) is 4.39 Å². The van der Waals surface area contributed by atoms with Crippen molar-refractivity contribution in [1.29, 1.82) is 0 Å². The summed E-state index contributed by atoms with van der Waals surface area (Å²) in [7, 11) is 2.21. The van der Waals surface area contributed by atoms with Crippen molar-refractivity contribution < 1.29 is 4.39 Å². The number of nitrogens with zero attached hydrogens (tertiary/aromatic N) is 1. The molecule has 1 aromatic carbocycles. The van der Waals surface area contributed by atoms with E-state index >= 15 is 0 Å². The zero-order valence-corrected chi connectivity index (χ0v) is 10.5. The summed E-state index contributed by atoms with van der Waals surface area (Å²) in [5.41, 5.74) is 3.15. The number of benzene rings is 1. The van der Waals surface area contributed by atoms with Crippen molar-refractivity contribution in [3.8, 4) is 0 Å². The van der Waals surface area contributed by atoms with Gasteiger partial charge in [-0.2, -0.15) is 0 Å². The molecule has 0 unspecified atom stereocenters. The fourth-order valence-corrected chi connectivity index (χ4v) is 3.41. The van der Waals surface area contributed by atoms with E-state index in [0.717, 1.165) is 12.8 Å². The molecule has 2 aliphatic rings. The molecule has 92 valence electrons. The number of likely N-dealkylation sites (tertiary alicyclic amines) is 1. The van der Waals surface area contributed by atoms with E-state index in [4.69, 9.17) is 0 Å². The molecule has 1 heterocycles. The van der Waals surface area contributed by atoms with E-state index in [9.17, 15) is 4.39 Å². The number of hydrogen-bond donors (Lipinski definition) is 0. The minimum atomic E-state index is -0.0805. The Labute approximate surface area is 103 Å². The van der Waals surface area contributed by atoms with Crippen LogP contribution >= 0.6 is 0 Å². The van der Waals surface area contributed by atoms with Gasteiger partial charge in [-0.25, -0.2) is 4.39 Å². The molecule has 0 aromatic heterocycles. The van der Waals surface area contributed by atoms with Gasteiger partial charge in [0.05, 0.1) is 0 Å². The predicted molar refractivity (Wildman–Crippen MR) is 67.6 cm³/mol. The molecule has 1 aromatic rings. The maximum atomic E-state index is 13.2. The molecule has 1 fully saturated rings. The summed E-state index contributed by atoms with van der Waals surface area (Å²) in [4.78, 5) is 2.42. The highest BCUT2D eigenvalue weighted by atomic mass is 19.1. The van der Waals surface area contributed by atoms with E-state index in [1.807, 2.05) is 6.07 Å². The molecule has 1 nitrogen and oxygen atoms in total. The second-order valence-corrected chi connectivity index (χ2v) is 5.89. The molecule has 2 heteroatoms. The molecule has 17 heavy (non-hydrogen) atoms. The van der Waals surface area contributed by atoms with Crippen LogP contribution in [-0.2, 0) is 12.8 Å². The molecule has 0 saturated carbocycles. The molecular weight excluding hydrogens is 213 g/mol. The lowest BCUT2D eigenvalue weighted by molar-refractivity contribution is 0.106. The van der Waals surface area contributed by atoms with Crippen molar-refractivity contribution in [3.63, 3.8) is 0 Å². The third-order valence-electron chi connectivity index (χ3n) is 4.71. The molecular formula is C15H20FN. The molecule has 0 radical (unpaired) electrons.